The number of halogens is 3. The van der Waals surface area contributed by atoms with E-state index in [-0.39, 0.29) is 24.4 Å². The zero-order valence-corrected chi connectivity index (χ0v) is 12.7. The van der Waals surface area contributed by atoms with Gasteiger partial charge in [-0.15, -0.1) is 13.2 Å². The number of para-hydroxylation sites is 1. The number of nitrogens with one attached hydrogen (secondary N) is 1. The Bertz CT molecular complexity index is 699. The lowest BCUT2D eigenvalue weighted by Crippen LogP contribution is -2.28. The average Bonchev–Trinajstić information content (AvgIpc) is 2.93. The summed E-state index contributed by atoms with van der Waals surface area (Å²) >= 11 is 0. The third kappa shape index (κ3) is 5.27. The molecule has 1 unspecified atom stereocenters. The highest BCUT2D eigenvalue weighted by Gasteiger charge is 2.31. The number of aliphatic hydroxyl groups is 1. The molecule has 0 bridgehead atoms. The summed E-state index contributed by atoms with van der Waals surface area (Å²) < 4.78 is 42.2. The fraction of sp³-hybridized carbons (Fsp3) is 0.333. The zero-order valence-electron chi connectivity index (χ0n) is 12.7. The molecule has 6 nitrogen and oxygen atoms in total. The van der Waals surface area contributed by atoms with Gasteiger partial charge in [-0.05, 0) is 19.1 Å². The molecule has 1 aromatic heterocycles. The highest BCUT2D eigenvalue weighted by molar-refractivity contribution is 5.75. The van der Waals surface area contributed by atoms with Crippen LogP contribution in [0.4, 0.5) is 13.2 Å². The molecule has 0 aliphatic carbocycles. The van der Waals surface area contributed by atoms with E-state index in [9.17, 15) is 23.1 Å². The number of carbonyl (C=O) groups is 1. The third-order valence-electron chi connectivity index (χ3n) is 3.07. The molecule has 0 radical (unpaired) electrons. The van der Waals surface area contributed by atoms with Gasteiger partial charge < -0.3 is 15.2 Å². The number of aromatic nitrogens is 2. The SMILES string of the molecule is CC(O)c1ccn(CC(=O)NCc2ccccc2OC(F)(F)F)n1. The number of aliphatic hydroxyl groups excluding tert-OH is 1. The fourth-order valence-corrected chi connectivity index (χ4v) is 1.96. The van der Waals surface area contributed by atoms with Gasteiger partial charge in [0.2, 0.25) is 5.91 Å². The minimum absolute atomic E-state index is 0.115. The normalized spacial score (nSPS) is 12.7. The smallest absolute Gasteiger partial charge is 0.405 e. The van der Waals surface area contributed by atoms with Gasteiger partial charge in [0, 0.05) is 18.3 Å². The minimum Gasteiger partial charge on any atom is -0.405 e. The summed E-state index contributed by atoms with van der Waals surface area (Å²) in [5, 5.41) is 15.9. The minimum atomic E-state index is -4.80. The van der Waals surface area contributed by atoms with Crippen LogP contribution in [-0.2, 0) is 17.9 Å². The maximum atomic E-state index is 12.3. The van der Waals surface area contributed by atoms with E-state index in [0.717, 1.165) is 0 Å². The largest absolute Gasteiger partial charge is 0.573 e. The van der Waals surface area contributed by atoms with E-state index >= 15 is 0 Å². The van der Waals surface area contributed by atoms with Crippen LogP contribution in [0.1, 0.15) is 24.3 Å². The average molecular weight is 343 g/mol. The second-order valence-corrected chi connectivity index (χ2v) is 5.05. The molecule has 2 aromatic rings. The molecule has 9 heteroatoms. The number of carbonyl (C=O) groups excluding carboxylic acids is 1. The Morgan fingerprint density at radius 1 is 1.38 bits per heavy atom. The van der Waals surface area contributed by atoms with E-state index < -0.39 is 18.4 Å². The second kappa shape index (κ2) is 7.35. The van der Waals surface area contributed by atoms with Crippen molar-refractivity contribution in [3.8, 4) is 5.75 Å². The number of alkyl halides is 3. The fourth-order valence-electron chi connectivity index (χ4n) is 1.96. The van der Waals surface area contributed by atoms with Crippen LogP contribution >= 0.6 is 0 Å². The number of hydrogen-bond acceptors (Lipinski definition) is 4. The summed E-state index contributed by atoms with van der Waals surface area (Å²) in [7, 11) is 0. The van der Waals surface area contributed by atoms with Crippen LogP contribution in [0.2, 0.25) is 0 Å². The lowest BCUT2D eigenvalue weighted by molar-refractivity contribution is -0.274. The number of rotatable bonds is 6. The van der Waals surface area contributed by atoms with Gasteiger partial charge in [0.15, 0.2) is 0 Å². The number of benzene rings is 1. The molecule has 2 N–H and O–H groups in total. The van der Waals surface area contributed by atoms with Crippen LogP contribution in [0.25, 0.3) is 0 Å². The predicted octanol–water partition coefficient (Wildman–Crippen LogP) is 2.15. The molecule has 0 saturated heterocycles. The summed E-state index contributed by atoms with van der Waals surface area (Å²) in [6.45, 7) is 1.31. The predicted molar refractivity (Wildman–Crippen MR) is 77.8 cm³/mol. The van der Waals surface area contributed by atoms with Crippen molar-refractivity contribution >= 4 is 5.91 Å². The molecular weight excluding hydrogens is 327 g/mol. The van der Waals surface area contributed by atoms with E-state index in [2.05, 4.69) is 15.2 Å². The highest BCUT2D eigenvalue weighted by atomic mass is 19.4. The Morgan fingerprint density at radius 2 is 2.08 bits per heavy atom. The Balaban J connectivity index is 1.94. The zero-order chi connectivity index (χ0) is 17.7. The van der Waals surface area contributed by atoms with Crippen LogP contribution in [-0.4, -0.2) is 27.2 Å². The number of amides is 1. The van der Waals surface area contributed by atoms with Crippen molar-refractivity contribution in [1.82, 2.24) is 15.1 Å². The number of hydrogen-bond donors (Lipinski definition) is 2. The summed E-state index contributed by atoms with van der Waals surface area (Å²) in [5.74, 6) is -0.794. The highest BCUT2D eigenvalue weighted by Crippen LogP contribution is 2.26. The van der Waals surface area contributed by atoms with Gasteiger partial charge in [0.25, 0.3) is 0 Å². The van der Waals surface area contributed by atoms with Gasteiger partial charge in [-0.3, -0.25) is 9.48 Å². The molecule has 24 heavy (non-hydrogen) atoms. The first-order chi connectivity index (χ1) is 11.2. The van der Waals surface area contributed by atoms with E-state index in [1.807, 2.05) is 0 Å². The van der Waals surface area contributed by atoms with Crippen LogP contribution in [0.3, 0.4) is 0 Å². The van der Waals surface area contributed by atoms with Gasteiger partial charge in [-0.2, -0.15) is 5.10 Å². The Labute approximate surface area is 135 Å². The third-order valence-corrected chi connectivity index (χ3v) is 3.07. The van der Waals surface area contributed by atoms with Crippen LogP contribution in [0.5, 0.6) is 5.75 Å². The van der Waals surface area contributed by atoms with E-state index in [1.165, 1.54) is 29.1 Å². The van der Waals surface area contributed by atoms with Gasteiger partial charge in [-0.25, -0.2) is 0 Å². The second-order valence-electron chi connectivity index (χ2n) is 5.05. The van der Waals surface area contributed by atoms with Crippen molar-refractivity contribution in [3.63, 3.8) is 0 Å². The molecule has 2 rings (SSSR count). The van der Waals surface area contributed by atoms with E-state index in [0.29, 0.717) is 5.69 Å². The quantitative estimate of drug-likeness (QED) is 0.843. The summed E-state index contributed by atoms with van der Waals surface area (Å²) in [6, 6.07) is 7.14. The molecule has 0 aliphatic rings. The molecule has 0 fully saturated rings. The first-order valence-corrected chi connectivity index (χ1v) is 7.06. The summed E-state index contributed by atoms with van der Waals surface area (Å²) in [5.41, 5.74) is 0.625. The Hall–Kier alpha value is -2.55. The van der Waals surface area contributed by atoms with Crippen molar-refractivity contribution in [2.45, 2.75) is 32.5 Å². The lowest BCUT2D eigenvalue weighted by Gasteiger charge is -2.13. The van der Waals surface area contributed by atoms with E-state index in [4.69, 9.17) is 0 Å². The van der Waals surface area contributed by atoms with Crippen molar-refractivity contribution in [1.29, 1.82) is 0 Å². The molecule has 0 saturated carbocycles. The lowest BCUT2D eigenvalue weighted by atomic mass is 10.2. The van der Waals surface area contributed by atoms with Crippen LogP contribution in [0, 0.1) is 0 Å². The standard InChI is InChI=1S/C15H16F3N3O3/c1-10(22)12-6-7-21(20-12)9-14(23)19-8-11-4-2-3-5-13(11)24-15(16,17)18/h2-7,10,22H,8-9H2,1H3,(H,19,23). The Morgan fingerprint density at radius 3 is 2.71 bits per heavy atom. The number of nitrogens with zero attached hydrogens (tertiary/aromatic N) is 2. The topological polar surface area (TPSA) is 76.4 Å². The van der Waals surface area contributed by atoms with E-state index in [1.54, 1.807) is 19.1 Å². The molecule has 1 aromatic carbocycles. The first kappa shape index (κ1) is 17.8. The van der Waals surface area contributed by atoms with Crippen molar-refractivity contribution < 1.29 is 27.8 Å². The molecule has 130 valence electrons. The first-order valence-electron chi connectivity index (χ1n) is 7.06. The van der Waals surface area contributed by atoms with Gasteiger partial charge in [-0.1, -0.05) is 18.2 Å². The maximum Gasteiger partial charge on any atom is 0.573 e. The summed E-state index contributed by atoms with van der Waals surface area (Å²) in [4.78, 5) is 11.9. The van der Waals surface area contributed by atoms with Crippen molar-refractivity contribution in [3.05, 3.63) is 47.8 Å². The van der Waals surface area contributed by atoms with Crippen molar-refractivity contribution in [2.75, 3.05) is 0 Å². The molecule has 1 amide bonds. The Kier molecular flexibility index (Phi) is 5.45. The molecule has 1 heterocycles. The van der Waals surface area contributed by atoms with Gasteiger partial charge in [0.1, 0.15) is 12.3 Å². The molecular formula is C15H16F3N3O3. The van der Waals surface area contributed by atoms with Crippen LogP contribution in [0.15, 0.2) is 36.5 Å². The maximum absolute atomic E-state index is 12.3. The molecule has 1 atom stereocenters. The van der Waals surface area contributed by atoms with Gasteiger partial charge >= 0.3 is 6.36 Å². The van der Waals surface area contributed by atoms with Crippen LogP contribution < -0.4 is 10.1 Å². The number of ether oxygens (including phenoxy) is 1. The monoisotopic (exact) mass is 343 g/mol. The molecule has 0 aliphatic heterocycles. The summed E-state index contributed by atoms with van der Waals surface area (Å²) in [6.07, 6.45) is -4.02. The van der Waals surface area contributed by atoms with Gasteiger partial charge in [0.05, 0.1) is 11.8 Å². The molecule has 0 spiro atoms. The van der Waals surface area contributed by atoms with Crippen molar-refractivity contribution in [2.24, 2.45) is 0 Å².